The van der Waals surface area contributed by atoms with Crippen LogP contribution in [0.3, 0.4) is 0 Å². The predicted octanol–water partition coefficient (Wildman–Crippen LogP) is 3.53. The Morgan fingerprint density at radius 3 is 2.43 bits per heavy atom. The lowest BCUT2D eigenvalue weighted by Crippen LogP contribution is -2.41. The number of amides is 1. The van der Waals surface area contributed by atoms with Crippen LogP contribution in [0, 0.1) is 5.82 Å². The van der Waals surface area contributed by atoms with Crippen LogP contribution < -0.4 is 10.5 Å². The number of benzene rings is 1. The van der Waals surface area contributed by atoms with Gasteiger partial charge in [-0.05, 0) is 51.2 Å². The number of rotatable bonds is 2. The van der Waals surface area contributed by atoms with Crippen molar-refractivity contribution in [3.63, 3.8) is 0 Å². The van der Waals surface area contributed by atoms with Crippen molar-refractivity contribution in [2.75, 3.05) is 25.9 Å². The monoisotopic (exact) mass is 324 g/mol. The number of likely N-dealkylation sites (tertiary alicyclic amines) is 1. The van der Waals surface area contributed by atoms with Crippen LogP contribution in [-0.4, -0.2) is 36.8 Å². The highest BCUT2D eigenvalue weighted by Gasteiger charge is 2.29. The molecule has 2 N–H and O–H groups in total. The van der Waals surface area contributed by atoms with Gasteiger partial charge in [0.25, 0.3) is 0 Å². The SMILES string of the molecule is COc1cc(C2CCN(C(=O)OC(C)(C)C)CC2)c(F)cc1N. The lowest BCUT2D eigenvalue weighted by Gasteiger charge is -2.33. The van der Waals surface area contributed by atoms with Crippen molar-refractivity contribution in [3.05, 3.63) is 23.5 Å². The van der Waals surface area contributed by atoms with E-state index >= 15 is 0 Å². The van der Waals surface area contributed by atoms with Crippen molar-refractivity contribution >= 4 is 11.8 Å². The largest absolute Gasteiger partial charge is 0.495 e. The molecule has 1 aliphatic rings. The average Bonchev–Trinajstić information content (AvgIpc) is 2.46. The van der Waals surface area contributed by atoms with Crippen molar-refractivity contribution in [3.8, 4) is 5.75 Å². The molecule has 0 aromatic heterocycles. The Morgan fingerprint density at radius 2 is 1.91 bits per heavy atom. The fourth-order valence-corrected chi connectivity index (χ4v) is 2.77. The van der Waals surface area contributed by atoms with Gasteiger partial charge in [0.15, 0.2) is 0 Å². The molecule has 0 radical (unpaired) electrons. The molecule has 1 aromatic carbocycles. The second-order valence-corrected chi connectivity index (χ2v) is 6.86. The van der Waals surface area contributed by atoms with Gasteiger partial charge in [0.1, 0.15) is 17.2 Å². The second kappa shape index (κ2) is 6.64. The highest BCUT2D eigenvalue weighted by molar-refractivity contribution is 5.68. The van der Waals surface area contributed by atoms with E-state index in [-0.39, 0.29) is 17.8 Å². The summed E-state index contributed by atoms with van der Waals surface area (Å²) in [4.78, 5) is 13.7. The van der Waals surface area contributed by atoms with Gasteiger partial charge in [0.05, 0.1) is 12.8 Å². The van der Waals surface area contributed by atoms with Crippen LogP contribution in [0.25, 0.3) is 0 Å². The van der Waals surface area contributed by atoms with Gasteiger partial charge < -0.3 is 20.1 Å². The average molecular weight is 324 g/mol. The number of methoxy groups -OCH3 is 1. The minimum absolute atomic E-state index is 0.0446. The second-order valence-electron chi connectivity index (χ2n) is 6.86. The maximum Gasteiger partial charge on any atom is 0.410 e. The molecule has 5 nitrogen and oxygen atoms in total. The first-order valence-electron chi connectivity index (χ1n) is 7.82. The highest BCUT2D eigenvalue weighted by atomic mass is 19.1. The maximum atomic E-state index is 14.2. The van der Waals surface area contributed by atoms with Crippen LogP contribution in [0.1, 0.15) is 45.1 Å². The number of nitrogens with zero attached hydrogens (tertiary/aromatic N) is 1. The number of nitrogens with two attached hydrogens (primary N) is 1. The summed E-state index contributed by atoms with van der Waals surface area (Å²) in [6.07, 6.45) is 1.05. The molecule has 23 heavy (non-hydrogen) atoms. The molecule has 1 fully saturated rings. The van der Waals surface area contributed by atoms with Gasteiger partial charge in [-0.3, -0.25) is 0 Å². The zero-order valence-electron chi connectivity index (χ0n) is 14.2. The van der Waals surface area contributed by atoms with Crippen LogP contribution in [-0.2, 0) is 4.74 Å². The molecule has 1 amide bonds. The number of halogens is 1. The van der Waals surface area contributed by atoms with Crippen molar-refractivity contribution in [1.82, 2.24) is 4.90 Å². The van der Waals surface area contributed by atoms with Gasteiger partial charge in [-0.15, -0.1) is 0 Å². The predicted molar refractivity (Wildman–Crippen MR) is 87.1 cm³/mol. The van der Waals surface area contributed by atoms with Gasteiger partial charge in [0, 0.05) is 19.2 Å². The molecule has 1 aromatic rings. The third kappa shape index (κ3) is 4.27. The molecule has 1 aliphatic heterocycles. The smallest absolute Gasteiger partial charge is 0.410 e. The Kier molecular flexibility index (Phi) is 5.02. The summed E-state index contributed by atoms with van der Waals surface area (Å²) < 4.78 is 24.7. The summed E-state index contributed by atoms with van der Waals surface area (Å²) in [5, 5.41) is 0. The summed E-state index contributed by atoms with van der Waals surface area (Å²) in [6.45, 7) is 6.62. The molecule has 2 rings (SSSR count). The molecule has 128 valence electrons. The van der Waals surface area contributed by atoms with E-state index in [9.17, 15) is 9.18 Å². The number of carbonyl (C=O) groups is 1. The lowest BCUT2D eigenvalue weighted by atomic mass is 9.89. The standard InChI is InChI=1S/C17H25FN2O3/c1-17(2,3)23-16(21)20-7-5-11(6-8-20)12-9-15(22-4)14(19)10-13(12)18/h9-11H,5-8,19H2,1-4H3. The summed E-state index contributed by atoms with van der Waals surface area (Å²) in [5.41, 5.74) is 6.10. The van der Waals surface area contributed by atoms with Crippen molar-refractivity contribution < 1.29 is 18.7 Å². The Hall–Kier alpha value is -1.98. The number of hydrogen-bond donors (Lipinski definition) is 1. The number of carbonyl (C=O) groups excluding carboxylic acids is 1. The van der Waals surface area contributed by atoms with Gasteiger partial charge in [-0.25, -0.2) is 9.18 Å². The van der Waals surface area contributed by atoms with Crippen molar-refractivity contribution in [2.45, 2.75) is 45.1 Å². The first-order chi connectivity index (χ1) is 10.7. The molecule has 0 bridgehead atoms. The van der Waals surface area contributed by atoms with E-state index in [1.165, 1.54) is 13.2 Å². The molecule has 0 atom stereocenters. The normalized spacial score (nSPS) is 16.3. The molecular formula is C17H25FN2O3. The fourth-order valence-electron chi connectivity index (χ4n) is 2.77. The van der Waals surface area contributed by atoms with Crippen LogP contribution >= 0.6 is 0 Å². The Labute approximate surface area is 136 Å². The van der Waals surface area contributed by atoms with Gasteiger partial charge in [0.2, 0.25) is 0 Å². The Bertz CT molecular complexity index is 576. The third-order valence-electron chi connectivity index (χ3n) is 3.94. The van der Waals surface area contributed by atoms with Crippen molar-refractivity contribution in [1.29, 1.82) is 0 Å². The summed E-state index contributed by atoms with van der Waals surface area (Å²) in [5.74, 6) is 0.207. The molecule has 0 saturated carbocycles. The van der Waals surface area contributed by atoms with Crippen LogP contribution in [0.15, 0.2) is 12.1 Å². The Balaban J connectivity index is 2.03. The van der Waals surface area contributed by atoms with E-state index in [0.717, 1.165) is 0 Å². The summed E-state index contributed by atoms with van der Waals surface area (Å²) >= 11 is 0. The lowest BCUT2D eigenvalue weighted by molar-refractivity contribution is 0.0204. The zero-order valence-corrected chi connectivity index (χ0v) is 14.2. The quantitative estimate of drug-likeness (QED) is 0.845. The number of nitrogen functional groups attached to an aromatic ring is 1. The van der Waals surface area contributed by atoms with E-state index in [1.54, 1.807) is 11.0 Å². The van der Waals surface area contributed by atoms with E-state index < -0.39 is 5.60 Å². The van der Waals surface area contributed by atoms with Gasteiger partial charge in [-0.1, -0.05) is 0 Å². The van der Waals surface area contributed by atoms with Crippen molar-refractivity contribution in [2.24, 2.45) is 0 Å². The minimum atomic E-state index is -0.510. The number of hydrogen-bond acceptors (Lipinski definition) is 4. The molecule has 1 saturated heterocycles. The van der Waals surface area contributed by atoms with Gasteiger partial charge in [-0.2, -0.15) is 0 Å². The fraction of sp³-hybridized carbons (Fsp3) is 0.588. The number of piperidine rings is 1. The highest BCUT2D eigenvalue weighted by Crippen LogP contribution is 2.35. The van der Waals surface area contributed by atoms with Gasteiger partial charge >= 0.3 is 6.09 Å². The first kappa shape index (κ1) is 17.4. The molecule has 0 aliphatic carbocycles. The van der Waals surface area contributed by atoms with Crippen LogP contribution in [0.2, 0.25) is 0 Å². The van der Waals surface area contributed by atoms with E-state index in [1.807, 2.05) is 20.8 Å². The van der Waals surface area contributed by atoms with E-state index in [0.29, 0.717) is 42.9 Å². The van der Waals surface area contributed by atoms with Crippen LogP contribution in [0.4, 0.5) is 14.9 Å². The van der Waals surface area contributed by atoms with E-state index in [2.05, 4.69) is 0 Å². The van der Waals surface area contributed by atoms with E-state index in [4.69, 9.17) is 15.2 Å². The Morgan fingerprint density at radius 1 is 1.30 bits per heavy atom. The molecule has 0 unspecified atom stereocenters. The summed E-state index contributed by atoms with van der Waals surface area (Å²) in [7, 11) is 1.51. The zero-order chi connectivity index (χ0) is 17.2. The number of anilines is 1. The molecule has 1 heterocycles. The molecule has 0 spiro atoms. The molecular weight excluding hydrogens is 299 g/mol. The first-order valence-corrected chi connectivity index (χ1v) is 7.82. The third-order valence-corrected chi connectivity index (χ3v) is 3.94. The topological polar surface area (TPSA) is 64.8 Å². The maximum absolute atomic E-state index is 14.2. The number of ether oxygens (including phenoxy) is 2. The summed E-state index contributed by atoms with van der Waals surface area (Å²) in [6, 6.07) is 2.97. The van der Waals surface area contributed by atoms with Crippen LogP contribution in [0.5, 0.6) is 5.75 Å². The molecule has 6 heteroatoms. The minimum Gasteiger partial charge on any atom is -0.495 e.